The number of aromatic amines is 1. The molecule has 0 spiro atoms. The Kier molecular flexibility index (Phi) is 4.72. The number of aromatic nitrogens is 3. The number of nitrogens with zero attached hydrogens (tertiary/aromatic N) is 3. The van der Waals surface area contributed by atoms with Crippen LogP contribution in [-0.4, -0.2) is 40.0 Å². The molecule has 0 aliphatic carbocycles. The van der Waals surface area contributed by atoms with Crippen molar-refractivity contribution in [3.63, 3.8) is 0 Å². The Bertz CT molecular complexity index is 1000. The van der Waals surface area contributed by atoms with Crippen LogP contribution in [-0.2, 0) is 0 Å². The first-order valence-corrected chi connectivity index (χ1v) is 9.30. The number of nitrogens with one attached hydrogen (secondary N) is 2. The van der Waals surface area contributed by atoms with Crippen molar-refractivity contribution >= 4 is 39.9 Å². The van der Waals surface area contributed by atoms with Crippen LogP contribution in [0.2, 0.25) is 5.02 Å². The summed E-state index contributed by atoms with van der Waals surface area (Å²) < 4.78 is 0. The summed E-state index contributed by atoms with van der Waals surface area (Å²) in [6, 6.07) is 1.90. The third-order valence-electron chi connectivity index (χ3n) is 4.79. The molecule has 1 aliphatic rings. The lowest BCUT2D eigenvalue weighted by molar-refractivity contribution is 0.102. The number of aryl methyl sites for hydroxylation is 1. The van der Waals surface area contributed by atoms with Crippen LogP contribution in [0.15, 0.2) is 30.9 Å². The maximum Gasteiger partial charge on any atom is 0.257 e. The fraction of sp³-hybridized carbons (Fsp3) is 0.316. The first-order chi connectivity index (χ1) is 13.0. The lowest BCUT2D eigenvalue weighted by Crippen LogP contribution is -2.43. The summed E-state index contributed by atoms with van der Waals surface area (Å²) in [5, 5.41) is 4.30. The van der Waals surface area contributed by atoms with Crippen LogP contribution in [0.4, 0.5) is 11.4 Å². The molecule has 4 N–H and O–H groups in total. The highest BCUT2D eigenvalue weighted by Crippen LogP contribution is 2.38. The minimum Gasteiger partial charge on any atom is -0.368 e. The van der Waals surface area contributed by atoms with Crippen LogP contribution in [0, 0.1) is 6.92 Å². The number of amides is 1. The Morgan fingerprint density at radius 1 is 1.41 bits per heavy atom. The number of hydrogen-bond acceptors (Lipinski definition) is 5. The Morgan fingerprint density at radius 2 is 2.26 bits per heavy atom. The fourth-order valence-electron chi connectivity index (χ4n) is 3.55. The van der Waals surface area contributed by atoms with E-state index < -0.39 is 0 Å². The van der Waals surface area contributed by atoms with Gasteiger partial charge in [-0.1, -0.05) is 11.6 Å². The summed E-state index contributed by atoms with van der Waals surface area (Å²) in [6.45, 7) is 3.49. The summed E-state index contributed by atoms with van der Waals surface area (Å²) in [5.74, 6) is -0.228. The number of rotatable bonds is 3. The molecule has 27 heavy (non-hydrogen) atoms. The summed E-state index contributed by atoms with van der Waals surface area (Å²) in [7, 11) is 0. The molecule has 0 unspecified atom stereocenters. The van der Waals surface area contributed by atoms with Crippen LogP contribution in [0.1, 0.15) is 28.8 Å². The van der Waals surface area contributed by atoms with E-state index in [0.717, 1.165) is 42.6 Å². The maximum absolute atomic E-state index is 12.7. The normalized spacial score (nSPS) is 17.3. The lowest BCUT2D eigenvalue weighted by atomic mass is 10.1. The van der Waals surface area contributed by atoms with Gasteiger partial charge in [-0.25, -0.2) is 4.98 Å². The highest BCUT2D eigenvalue weighted by atomic mass is 35.5. The summed E-state index contributed by atoms with van der Waals surface area (Å²) in [4.78, 5) is 26.4. The molecule has 0 radical (unpaired) electrons. The van der Waals surface area contributed by atoms with E-state index in [2.05, 4.69) is 25.2 Å². The number of pyridine rings is 2. The largest absolute Gasteiger partial charge is 0.368 e. The van der Waals surface area contributed by atoms with Crippen LogP contribution in [0.3, 0.4) is 0 Å². The lowest BCUT2D eigenvalue weighted by Gasteiger charge is -2.33. The zero-order valence-electron chi connectivity index (χ0n) is 15.0. The zero-order chi connectivity index (χ0) is 19.0. The Morgan fingerprint density at radius 3 is 3.04 bits per heavy atom. The van der Waals surface area contributed by atoms with Crippen molar-refractivity contribution in [2.75, 3.05) is 23.3 Å². The second-order valence-electron chi connectivity index (χ2n) is 6.93. The van der Waals surface area contributed by atoms with E-state index in [1.165, 1.54) is 0 Å². The first-order valence-electron chi connectivity index (χ1n) is 8.92. The first kappa shape index (κ1) is 17.8. The van der Waals surface area contributed by atoms with Crippen molar-refractivity contribution in [3.8, 4) is 0 Å². The smallest absolute Gasteiger partial charge is 0.257 e. The molecule has 1 aliphatic heterocycles. The number of H-pyrrole nitrogens is 1. The summed E-state index contributed by atoms with van der Waals surface area (Å²) >= 11 is 6.51. The van der Waals surface area contributed by atoms with E-state index in [0.29, 0.717) is 21.9 Å². The topological polar surface area (TPSA) is 99.9 Å². The molecule has 3 aromatic rings. The van der Waals surface area contributed by atoms with Gasteiger partial charge in [-0.3, -0.25) is 9.78 Å². The molecule has 0 bridgehead atoms. The van der Waals surface area contributed by atoms with Gasteiger partial charge < -0.3 is 20.9 Å². The van der Waals surface area contributed by atoms with Crippen molar-refractivity contribution in [1.82, 2.24) is 15.0 Å². The number of fused-ring (bicyclic) bond motifs is 1. The summed E-state index contributed by atoms with van der Waals surface area (Å²) in [5.41, 5.74) is 9.75. The number of hydrogen-bond donors (Lipinski definition) is 3. The van der Waals surface area contributed by atoms with Crippen LogP contribution in [0.25, 0.3) is 11.0 Å². The van der Waals surface area contributed by atoms with Gasteiger partial charge in [-0.05, 0) is 31.4 Å². The standard InChI is InChI=1S/C19H21ClN6O/c1-11-5-12(7-22-6-11)19(27)25-15-9-24-18-16(15)17(14(20)8-23-18)26-4-2-3-13(21)10-26/h5-9,13H,2-4,10,21H2,1H3,(H,23,24)(H,25,27)/t13-/m1/s1. The molecule has 1 saturated heterocycles. The van der Waals surface area contributed by atoms with Crippen molar-refractivity contribution in [2.45, 2.75) is 25.8 Å². The van der Waals surface area contributed by atoms with Gasteiger partial charge in [0.1, 0.15) is 5.65 Å². The molecule has 1 fully saturated rings. The molecule has 4 rings (SSSR count). The van der Waals surface area contributed by atoms with E-state index in [4.69, 9.17) is 17.3 Å². The predicted molar refractivity (Wildman–Crippen MR) is 107 cm³/mol. The van der Waals surface area contributed by atoms with Crippen LogP contribution in [0.5, 0.6) is 0 Å². The average Bonchev–Trinajstić information content (AvgIpc) is 3.04. The second-order valence-corrected chi connectivity index (χ2v) is 7.34. The molecule has 8 heteroatoms. The molecule has 7 nitrogen and oxygen atoms in total. The number of piperidine rings is 1. The number of nitrogens with two attached hydrogens (primary N) is 1. The minimum atomic E-state index is -0.228. The van der Waals surface area contributed by atoms with Crippen molar-refractivity contribution in [3.05, 3.63) is 47.0 Å². The van der Waals surface area contributed by atoms with Gasteiger partial charge in [0.25, 0.3) is 5.91 Å². The summed E-state index contributed by atoms with van der Waals surface area (Å²) in [6.07, 6.45) is 8.63. The molecule has 0 aromatic carbocycles. The molecule has 1 amide bonds. The number of halogens is 1. The number of carbonyl (C=O) groups is 1. The Hall–Kier alpha value is -2.64. The predicted octanol–water partition coefficient (Wildman–Crippen LogP) is 3.10. The zero-order valence-corrected chi connectivity index (χ0v) is 15.8. The molecular formula is C19H21ClN6O. The third-order valence-corrected chi connectivity index (χ3v) is 5.07. The van der Waals surface area contributed by atoms with E-state index in [1.807, 2.05) is 6.92 Å². The Labute approximate surface area is 161 Å². The highest BCUT2D eigenvalue weighted by molar-refractivity contribution is 6.35. The average molecular weight is 385 g/mol. The van der Waals surface area contributed by atoms with E-state index in [-0.39, 0.29) is 11.9 Å². The number of anilines is 2. The van der Waals surface area contributed by atoms with Crippen molar-refractivity contribution < 1.29 is 4.79 Å². The minimum absolute atomic E-state index is 0.105. The molecule has 0 saturated carbocycles. The SMILES string of the molecule is Cc1cncc(C(=O)Nc2c[nH]c3ncc(Cl)c(N4CCC[C@@H](N)C4)c23)c1. The molecule has 3 aromatic heterocycles. The van der Waals surface area contributed by atoms with Gasteiger partial charge in [0, 0.05) is 37.7 Å². The fourth-order valence-corrected chi connectivity index (χ4v) is 3.81. The van der Waals surface area contributed by atoms with E-state index >= 15 is 0 Å². The molecular weight excluding hydrogens is 364 g/mol. The van der Waals surface area contributed by atoms with Crippen LogP contribution >= 0.6 is 11.6 Å². The van der Waals surface area contributed by atoms with E-state index in [1.54, 1.807) is 30.9 Å². The van der Waals surface area contributed by atoms with Crippen molar-refractivity contribution in [1.29, 1.82) is 0 Å². The molecule has 4 heterocycles. The van der Waals surface area contributed by atoms with Gasteiger partial charge in [-0.15, -0.1) is 0 Å². The van der Waals surface area contributed by atoms with Gasteiger partial charge in [0.05, 0.1) is 33.5 Å². The second kappa shape index (κ2) is 7.17. The van der Waals surface area contributed by atoms with Crippen molar-refractivity contribution in [2.24, 2.45) is 5.73 Å². The quantitative estimate of drug-likeness (QED) is 0.644. The van der Waals surface area contributed by atoms with Gasteiger partial charge >= 0.3 is 0 Å². The molecule has 140 valence electrons. The highest BCUT2D eigenvalue weighted by Gasteiger charge is 2.24. The Balaban J connectivity index is 1.73. The van der Waals surface area contributed by atoms with E-state index in [9.17, 15) is 4.79 Å². The maximum atomic E-state index is 12.7. The van der Waals surface area contributed by atoms with Gasteiger partial charge in [0.15, 0.2) is 0 Å². The monoisotopic (exact) mass is 384 g/mol. The molecule has 1 atom stereocenters. The third kappa shape index (κ3) is 3.48. The van der Waals surface area contributed by atoms with Gasteiger partial charge in [-0.2, -0.15) is 0 Å². The number of carbonyl (C=O) groups excluding carboxylic acids is 1. The van der Waals surface area contributed by atoms with Gasteiger partial charge in [0.2, 0.25) is 0 Å². The van der Waals surface area contributed by atoms with Crippen LogP contribution < -0.4 is 16.0 Å².